The summed E-state index contributed by atoms with van der Waals surface area (Å²) in [5, 5.41) is 3.97. The van der Waals surface area contributed by atoms with Gasteiger partial charge in [0.1, 0.15) is 0 Å². The Hall–Kier alpha value is -0.870. The average Bonchev–Trinajstić information content (AvgIpc) is 2.74. The molecule has 17 heavy (non-hydrogen) atoms. The van der Waals surface area contributed by atoms with Crippen molar-refractivity contribution in [1.82, 2.24) is 4.90 Å². The number of nitrogens with two attached hydrogens (primary N) is 1. The molecule has 0 aromatic carbocycles. The third kappa shape index (κ3) is 2.53. The lowest BCUT2D eigenvalue weighted by molar-refractivity contribution is 0.0583. The Balaban J connectivity index is 2.20. The molecular weight excluding hydrogens is 232 g/mol. The Kier molecular flexibility index (Phi) is 3.84. The number of rotatable bonds is 2. The van der Waals surface area contributed by atoms with Crippen molar-refractivity contribution in [3.8, 4) is 0 Å². The Bertz CT molecular complexity index is 400. The van der Waals surface area contributed by atoms with Gasteiger partial charge in [-0.3, -0.25) is 4.79 Å². The molecule has 1 saturated heterocycles. The fourth-order valence-electron chi connectivity index (χ4n) is 2.49. The standard InChI is InChI=1S/C13H20N2OS/c1-9-7-17-8-11(9)13(16)15-6-4-3-5-12(15)10(2)14/h7-8,10,12H,3-6,14H2,1-2H3/t10-,12-/m0/s1. The number of hydrogen-bond donors (Lipinski definition) is 1. The maximum Gasteiger partial charge on any atom is 0.255 e. The number of piperidine rings is 1. The second-order valence-electron chi connectivity index (χ2n) is 4.89. The van der Waals surface area contributed by atoms with E-state index in [1.165, 1.54) is 6.42 Å². The molecule has 3 nitrogen and oxygen atoms in total. The Labute approximate surface area is 107 Å². The lowest BCUT2D eigenvalue weighted by Gasteiger charge is -2.38. The molecule has 0 unspecified atom stereocenters. The van der Waals surface area contributed by atoms with Crippen LogP contribution >= 0.6 is 11.3 Å². The van der Waals surface area contributed by atoms with Crippen molar-refractivity contribution in [2.45, 2.75) is 45.2 Å². The van der Waals surface area contributed by atoms with Gasteiger partial charge in [-0.15, -0.1) is 0 Å². The first-order valence-corrected chi connectivity index (χ1v) is 7.15. The molecule has 2 heterocycles. The van der Waals surface area contributed by atoms with Crippen LogP contribution in [0.25, 0.3) is 0 Å². The van der Waals surface area contributed by atoms with Crippen LogP contribution in [0.3, 0.4) is 0 Å². The number of nitrogens with zero attached hydrogens (tertiary/aromatic N) is 1. The van der Waals surface area contributed by atoms with Crippen LogP contribution in [0.1, 0.15) is 42.1 Å². The highest BCUT2D eigenvalue weighted by molar-refractivity contribution is 7.08. The van der Waals surface area contributed by atoms with Crippen LogP contribution in [0.5, 0.6) is 0 Å². The summed E-state index contributed by atoms with van der Waals surface area (Å²) >= 11 is 1.59. The van der Waals surface area contributed by atoms with E-state index in [-0.39, 0.29) is 18.0 Å². The number of thiophene rings is 1. The van der Waals surface area contributed by atoms with Crippen molar-refractivity contribution in [3.63, 3.8) is 0 Å². The predicted molar refractivity (Wildman–Crippen MR) is 71.4 cm³/mol. The molecule has 0 radical (unpaired) electrons. The lowest BCUT2D eigenvalue weighted by Crippen LogP contribution is -2.51. The number of carbonyl (C=O) groups excluding carboxylic acids is 1. The van der Waals surface area contributed by atoms with E-state index in [1.54, 1.807) is 11.3 Å². The van der Waals surface area contributed by atoms with Gasteiger partial charge < -0.3 is 10.6 Å². The molecule has 0 aliphatic carbocycles. The smallest absolute Gasteiger partial charge is 0.255 e. The number of aryl methyl sites for hydroxylation is 1. The molecule has 1 aromatic heterocycles. The van der Waals surface area contributed by atoms with Gasteiger partial charge in [0.05, 0.1) is 5.56 Å². The van der Waals surface area contributed by atoms with Gasteiger partial charge in [-0.1, -0.05) is 0 Å². The molecule has 2 atom stereocenters. The zero-order chi connectivity index (χ0) is 12.4. The van der Waals surface area contributed by atoms with E-state index in [0.29, 0.717) is 0 Å². The van der Waals surface area contributed by atoms with Crippen LogP contribution in [-0.4, -0.2) is 29.4 Å². The topological polar surface area (TPSA) is 46.3 Å². The van der Waals surface area contributed by atoms with Gasteiger partial charge in [0, 0.05) is 24.0 Å². The van der Waals surface area contributed by atoms with Crippen LogP contribution in [0, 0.1) is 6.92 Å². The maximum absolute atomic E-state index is 12.5. The Morgan fingerprint density at radius 2 is 2.29 bits per heavy atom. The fraction of sp³-hybridized carbons (Fsp3) is 0.615. The first-order chi connectivity index (χ1) is 8.11. The third-order valence-corrected chi connectivity index (χ3v) is 4.36. The van der Waals surface area contributed by atoms with E-state index in [9.17, 15) is 4.79 Å². The van der Waals surface area contributed by atoms with Gasteiger partial charge in [-0.25, -0.2) is 0 Å². The highest BCUT2D eigenvalue weighted by Crippen LogP contribution is 2.24. The second kappa shape index (κ2) is 5.19. The molecule has 1 fully saturated rings. The molecule has 0 spiro atoms. The highest BCUT2D eigenvalue weighted by atomic mass is 32.1. The van der Waals surface area contributed by atoms with Gasteiger partial charge in [-0.05, 0) is 44.1 Å². The Morgan fingerprint density at radius 3 is 2.88 bits per heavy atom. The summed E-state index contributed by atoms with van der Waals surface area (Å²) in [5.41, 5.74) is 7.92. The highest BCUT2D eigenvalue weighted by Gasteiger charge is 2.30. The molecule has 1 aromatic rings. The summed E-state index contributed by atoms with van der Waals surface area (Å²) in [6.45, 7) is 4.84. The van der Waals surface area contributed by atoms with Crippen molar-refractivity contribution < 1.29 is 4.79 Å². The summed E-state index contributed by atoms with van der Waals surface area (Å²) in [6, 6.07) is 0.258. The maximum atomic E-state index is 12.5. The molecule has 0 bridgehead atoms. The largest absolute Gasteiger partial charge is 0.334 e. The van der Waals surface area contributed by atoms with E-state index in [1.807, 2.05) is 29.5 Å². The SMILES string of the molecule is Cc1cscc1C(=O)N1CCCC[C@H]1[C@H](C)N. The van der Waals surface area contributed by atoms with Gasteiger partial charge >= 0.3 is 0 Å². The van der Waals surface area contributed by atoms with E-state index in [0.717, 1.165) is 30.5 Å². The molecule has 2 rings (SSSR count). The van der Waals surface area contributed by atoms with Crippen molar-refractivity contribution in [3.05, 3.63) is 21.9 Å². The number of likely N-dealkylation sites (tertiary alicyclic amines) is 1. The molecule has 4 heteroatoms. The van der Waals surface area contributed by atoms with Crippen LogP contribution < -0.4 is 5.73 Å². The van der Waals surface area contributed by atoms with E-state index < -0.39 is 0 Å². The quantitative estimate of drug-likeness (QED) is 0.878. The van der Waals surface area contributed by atoms with Crippen molar-refractivity contribution in [1.29, 1.82) is 0 Å². The molecule has 2 N–H and O–H groups in total. The van der Waals surface area contributed by atoms with Crippen LogP contribution in [-0.2, 0) is 0 Å². The second-order valence-corrected chi connectivity index (χ2v) is 5.63. The minimum absolute atomic E-state index is 0.0539. The third-order valence-electron chi connectivity index (χ3n) is 3.50. The summed E-state index contributed by atoms with van der Waals surface area (Å²) in [7, 11) is 0. The molecule has 94 valence electrons. The lowest BCUT2D eigenvalue weighted by atomic mass is 9.96. The number of amides is 1. The van der Waals surface area contributed by atoms with Gasteiger partial charge in [-0.2, -0.15) is 11.3 Å². The van der Waals surface area contributed by atoms with E-state index in [4.69, 9.17) is 5.73 Å². The van der Waals surface area contributed by atoms with Gasteiger partial charge in [0.2, 0.25) is 0 Å². The first-order valence-electron chi connectivity index (χ1n) is 6.20. The normalized spacial score (nSPS) is 22.5. The fourth-order valence-corrected chi connectivity index (χ4v) is 3.31. The average molecular weight is 252 g/mol. The number of carbonyl (C=O) groups is 1. The van der Waals surface area contributed by atoms with E-state index >= 15 is 0 Å². The van der Waals surface area contributed by atoms with Crippen molar-refractivity contribution >= 4 is 17.2 Å². The van der Waals surface area contributed by atoms with Gasteiger partial charge in [0.25, 0.3) is 5.91 Å². The summed E-state index contributed by atoms with van der Waals surface area (Å²) < 4.78 is 0. The minimum atomic E-state index is 0.0539. The molecule has 0 saturated carbocycles. The molecule has 1 aliphatic heterocycles. The summed E-state index contributed by atoms with van der Waals surface area (Å²) in [6.07, 6.45) is 3.31. The summed E-state index contributed by atoms with van der Waals surface area (Å²) in [4.78, 5) is 14.4. The zero-order valence-corrected chi connectivity index (χ0v) is 11.3. The van der Waals surface area contributed by atoms with Gasteiger partial charge in [0.15, 0.2) is 0 Å². The monoisotopic (exact) mass is 252 g/mol. The summed E-state index contributed by atoms with van der Waals surface area (Å²) in [5.74, 6) is 0.158. The molecular formula is C13H20N2OS. The van der Waals surface area contributed by atoms with Crippen LogP contribution in [0.15, 0.2) is 10.8 Å². The van der Waals surface area contributed by atoms with Crippen molar-refractivity contribution in [2.75, 3.05) is 6.54 Å². The molecule has 1 amide bonds. The minimum Gasteiger partial charge on any atom is -0.334 e. The predicted octanol–water partition coefficient (Wildman–Crippen LogP) is 2.40. The Morgan fingerprint density at radius 1 is 1.53 bits per heavy atom. The van der Waals surface area contributed by atoms with E-state index in [2.05, 4.69) is 0 Å². The molecule has 1 aliphatic rings. The van der Waals surface area contributed by atoms with Crippen LogP contribution in [0.4, 0.5) is 0 Å². The van der Waals surface area contributed by atoms with Crippen LogP contribution in [0.2, 0.25) is 0 Å². The zero-order valence-electron chi connectivity index (χ0n) is 10.5. The van der Waals surface area contributed by atoms with Crippen molar-refractivity contribution in [2.24, 2.45) is 5.73 Å². The first kappa shape index (κ1) is 12.6. The number of hydrogen-bond acceptors (Lipinski definition) is 3.